The number of aliphatic hydroxyl groups excluding tert-OH is 1. The Balaban J connectivity index is 0.896. The third-order valence-corrected chi connectivity index (χ3v) is 11.3. The highest BCUT2D eigenvalue weighted by Gasteiger charge is 2.40. The number of piperidine rings is 1. The average molecular weight is 803 g/mol. The molecule has 2 saturated heterocycles. The van der Waals surface area contributed by atoms with Crippen LogP contribution in [0.1, 0.15) is 35.2 Å². The number of nitrogens with one attached hydrogen (secondary N) is 3. The zero-order chi connectivity index (χ0) is 39.3. The van der Waals surface area contributed by atoms with Crippen LogP contribution in [0.5, 0.6) is 5.75 Å². The number of ether oxygens (including phenoxy) is 1. The summed E-state index contributed by atoms with van der Waals surface area (Å²) >= 11 is 7.36. The molecule has 0 aliphatic carbocycles. The van der Waals surface area contributed by atoms with E-state index in [1.807, 2.05) is 11.0 Å². The van der Waals surface area contributed by atoms with Crippen molar-refractivity contribution in [2.45, 2.75) is 43.0 Å². The summed E-state index contributed by atoms with van der Waals surface area (Å²) in [5, 5.41) is 18.8. The standard InChI is InChI=1S/C39H40ClFN8O6S/c1-2-34(50)45-30-18-25-29(42-22-43-37(25)44-23-7-8-28(41)27(40)17-23)19-32(30)55-16-4-11-47-12-14-48(15-13-47)36(52)21-56-33-6-3-5-24-26(33)20-49(39(24)54)31-9-10-35(51)46-38(31)53/h2-3,5-8,17-19,22,31,35,51H,1,4,9-16,20-21H2,(H,45,50)(H,46,53)(H,42,43,44). The summed E-state index contributed by atoms with van der Waals surface area (Å²) in [6.45, 7) is 7.53. The molecule has 56 heavy (non-hydrogen) atoms. The molecule has 14 nitrogen and oxygen atoms in total. The van der Waals surface area contributed by atoms with Gasteiger partial charge in [-0.1, -0.05) is 24.2 Å². The summed E-state index contributed by atoms with van der Waals surface area (Å²) in [6.07, 6.45) is 3.12. The first-order chi connectivity index (χ1) is 27.1. The predicted molar refractivity (Wildman–Crippen MR) is 210 cm³/mol. The minimum Gasteiger partial charge on any atom is -0.491 e. The lowest BCUT2D eigenvalue weighted by Crippen LogP contribution is -2.54. The van der Waals surface area contributed by atoms with Crippen LogP contribution in [-0.4, -0.2) is 111 Å². The fraction of sp³-hybridized carbons (Fsp3) is 0.333. The molecule has 0 spiro atoms. The molecular weight excluding hydrogens is 763 g/mol. The van der Waals surface area contributed by atoms with E-state index in [2.05, 4.69) is 37.4 Å². The summed E-state index contributed by atoms with van der Waals surface area (Å²) in [4.78, 5) is 66.6. The van der Waals surface area contributed by atoms with Crippen molar-refractivity contribution in [3.05, 3.63) is 89.5 Å². The lowest BCUT2D eigenvalue weighted by Gasteiger charge is -2.34. The first-order valence-corrected chi connectivity index (χ1v) is 19.6. The Morgan fingerprint density at radius 2 is 1.93 bits per heavy atom. The molecule has 1 aromatic heterocycles. The van der Waals surface area contributed by atoms with Gasteiger partial charge in [0.1, 0.15) is 36.0 Å². The molecule has 17 heteroatoms. The van der Waals surface area contributed by atoms with E-state index in [4.69, 9.17) is 16.3 Å². The molecule has 0 radical (unpaired) electrons. The number of hydrogen-bond acceptors (Lipinski definition) is 11. The first kappa shape index (κ1) is 39.0. The number of thioether (sulfide) groups is 1. The minimum atomic E-state index is -0.894. The third-order valence-electron chi connectivity index (χ3n) is 9.97. The van der Waals surface area contributed by atoms with Gasteiger partial charge < -0.3 is 35.6 Å². The van der Waals surface area contributed by atoms with Crippen LogP contribution in [0.3, 0.4) is 0 Å². The largest absolute Gasteiger partial charge is 0.491 e. The molecule has 4 N–H and O–H groups in total. The lowest BCUT2D eigenvalue weighted by molar-refractivity contribution is -0.132. The van der Waals surface area contributed by atoms with Crippen molar-refractivity contribution < 1.29 is 33.4 Å². The molecule has 4 heterocycles. The second kappa shape index (κ2) is 17.2. The number of hydrogen-bond donors (Lipinski definition) is 4. The van der Waals surface area contributed by atoms with Crippen LogP contribution in [0.15, 0.2) is 72.4 Å². The van der Waals surface area contributed by atoms with Crippen LogP contribution in [0.2, 0.25) is 5.02 Å². The number of carbonyl (C=O) groups is 4. The van der Waals surface area contributed by atoms with Gasteiger partial charge in [0.2, 0.25) is 17.7 Å². The Kier molecular flexibility index (Phi) is 12.0. The zero-order valence-corrected chi connectivity index (χ0v) is 31.9. The highest BCUT2D eigenvalue weighted by molar-refractivity contribution is 8.00. The van der Waals surface area contributed by atoms with Gasteiger partial charge in [0.15, 0.2) is 0 Å². The predicted octanol–water partition coefficient (Wildman–Crippen LogP) is 4.55. The second-order valence-corrected chi connectivity index (χ2v) is 15.0. The highest BCUT2D eigenvalue weighted by atomic mass is 35.5. The molecule has 3 aliphatic rings. The van der Waals surface area contributed by atoms with Crippen molar-refractivity contribution in [2.75, 3.05) is 55.7 Å². The number of halogens is 2. The van der Waals surface area contributed by atoms with E-state index in [0.717, 1.165) is 23.1 Å². The van der Waals surface area contributed by atoms with Gasteiger partial charge in [-0.25, -0.2) is 14.4 Å². The van der Waals surface area contributed by atoms with E-state index in [1.54, 1.807) is 29.2 Å². The van der Waals surface area contributed by atoms with E-state index in [0.29, 0.717) is 91.5 Å². The fourth-order valence-corrected chi connectivity index (χ4v) is 8.17. The number of amides is 4. The SMILES string of the molecule is C=CC(=O)Nc1cc2c(Nc3ccc(F)c(Cl)c3)ncnc2cc1OCCCN1CCN(C(=O)CSc2cccc3c2CN(C2CCC(O)NC2=O)C3=O)CC1. The van der Waals surface area contributed by atoms with Crippen molar-refractivity contribution in [1.29, 1.82) is 0 Å². The van der Waals surface area contributed by atoms with Gasteiger partial charge in [0.25, 0.3) is 5.91 Å². The number of benzene rings is 3. The minimum absolute atomic E-state index is 0.0199. The molecule has 2 atom stereocenters. The van der Waals surface area contributed by atoms with Crippen LogP contribution in [0.25, 0.3) is 10.9 Å². The van der Waals surface area contributed by atoms with Crippen molar-refractivity contribution in [1.82, 2.24) is 30.0 Å². The first-order valence-electron chi connectivity index (χ1n) is 18.2. The monoisotopic (exact) mass is 802 g/mol. The molecule has 0 bridgehead atoms. The summed E-state index contributed by atoms with van der Waals surface area (Å²) in [6, 6.07) is 12.5. The van der Waals surface area contributed by atoms with Crippen LogP contribution in [-0.2, 0) is 20.9 Å². The van der Waals surface area contributed by atoms with E-state index in [1.165, 1.54) is 36.3 Å². The number of piperazine rings is 1. The van der Waals surface area contributed by atoms with Crippen LogP contribution < -0.4 is 20.7 Å². The molecule has 3 aromatic carbocycles. The Labute approximate surface area is 331 Å². The molecule has 0 saturated carbocycles. The number of nitrogens with zero attached hydrogens (tertiary/aromatic N) is 5. The average Bonchev–Trinajstić information content (AvgIpc) is 3.53. The molecule has 2 fully saturated rings. The van der Waals surface area contributed by atoms with E-state index >= 15 is 0 Å². The molecule has 4 aromatic rings. The normalized spacial score (nSPS) is 18.4. The van der Waals surface area contributed by atoms with Gasteiger partial charge in [0.05, 0.1) is 28.6 Å². The highest BCUT2D eigenvalue weighted by Crippen LogP contribution is 2.36. The molecule has 4 amide bonds. The van der Waals surface area contributed by atoms with Gasteiger partial charge in [0, 0.05) is 66.9 Å². The summed E-state index contributed by atoms with van der Waals surface area (Å²) in [7, 11) is 0. The van der Waals surface area contributed by atoms with Gasteiger partial charge >= 0.3 is 0 Å². The molecule has 292 valence electrons. The van der Waals surface area contributed by atoms with Crippen molar-refractivity contribution in [2.24, 2.45) is 0 Å². The van der Waals surface area contributed by atoms with E-state index in [9.17, 15) is 28.7 Å². The summed E-state index contributed by atoms with van der Waals surface area (Å²) in [5.41, 5.74) is 2.85. The maximum Gasteiger partial charge on any atom is 0.255 e. The third kappa shape index (κ3) is 8.73. The molecular formula is C39H40ClFN8O6S. The van der Waals surface area contributed by atoms with Crippen molar-refractivity contribution in [3.8, 4) is 5.75 Å². The van der Waals surface area contributed by atoms with Crippen molar-refractivity contribution in [3.63, 3.8) is 0 Å². The van der Waals surface area contributed by atoms with E-state index in [-0.39, 0.29) is 35.0 Å². The van der Waals surface area contributed by atoms with Gasteiger partial charge in [-0.05, 0) is 67.3 Å². The quantitative estimate of drug-likeness (QED) is 0.0851. The maximum atomic E-state index is 13.7. The Bertz CT molecular complexity index is 2190. The topological polar surface area (TPSA) is 169 Å². The Morgan fingerprint density at radius 3 is 2.70 bits per heavy atom. The molecule has 2 unspecified atom stereocenters. The Hall–Kier alpha value is -5.29. The molecule has 3 aliphatic heterocycles. The number of anilines is 3. The van der Waals surface area contributed by atoms with Gasteiger partial charge in [-0.15, -0.1) is 11.8 Å². The smallest absolute Gasteiger partial charge is 0.255 e. The fourth-order valence-electron chi connectivity index (χ4n) is 7.01. The number of carbonyl (C=O) groups excluding carboxylic acids is 4. The number of fused-ring (bicyclic) bond motifs is 2. The Morgan fingerprint density at radius 1 is 1.11 bits per heavy atom. The second-order valence-electron chi connectivity index (χ2n) is 13.6. The zero-order valence-electron chi connectivity index (χ0n) is 30.3. The van der Waals surface area contributed by atoms with Gasteiger partial charge in [-0.2, -0.15) is 0 Å². The number of aliphatic hydroxyl groups is 1. The number of aromatic nitrogens is 2. The van der Waals surface area contributed by atoms with Crippen LogP contribution >= 0.6 is 23.4 Å². The summed E-state index contributed by atoms with van der Waals surface area (Å²) in [5.74, 6) is -0.423. The molecule has 7 rings (SSSR count). The van der Waals surface area contributed by atoms with Crippen LogP contribution in [0.4, 0.5) is 21.6 Å². The maximum absolute atomic E-state index is 13.7. The van der Waals surface area contributed by atoms with E-state index < -0.39 is 24.0 Å². The van der Waals surface area contributed by atoms with Crippen molar-refractivity contribution >= 4 is 75.1 Å². The summed E-state index contributed by atoms with van der Waals surface area (Å²) < 4.78 is 19.9. The van der Waals surface area contributed by atoms with Crippen LogP contribution in [0, 0.1) is 5.82 Å². The number of rotatable bonds is 13. The van der Waals surface area contributed by atoms with Gasteiger partial charge in [-0.3, -0.25) is 24.1 Å². The lowest BCUT2D eigenvalue weighted by atomic mass is 10.0.